The van der Waals surface area contributed by atoms with E-state index >= 15 is 0 Å². The predicted octanol–water partition coefficient (Wildman–Crippen LogP) is 3.49. The van der Waals surface area contributed by atoms with Crippen LogP contribution >= 0.6 is 0 Å². The summed E-state index contributed by atoms with van der Waals surface area (Å²) < 4.78 is 26.6. The van der Waals surface area contributed by atoms with Gasteiger partial charge in [0.1, 0.15) is 0 Å². The minimum Gasteiger partial charge on any atom is -0.267 e. The first-order valence-corrected chi connectivity index (χ1v) is 11.0. The lowest BCUT2D eigenvalue weighted by molar-refractivity contribution is 0.0954. The number of amides is 1. The number of carbonyl (C=O) groups excluding carboxylic acids is 1. The van der Waals surface area contributed by atoms with Gasteiger partial charge in [-0.3, -0.25) is 4.79 Å². The van der Waals surface area contributed by atoms with Crippen molar-refractivity contribution in [2.75, 3.05) is 13.1 Å². The zero-order valence-corrected chi connectivity index (χ0v) is 17.3. The third-order valence-corrected chi connectivity index (χ3v) is 7.33. The minimum atomic E-state index is -3.47. The summed E-state index contributed by atoms with van der Waals surface area (Å²) in [5.74, 6) is -0.0164. The topological polar surface area (TPSA) is 78.8 Å². The van der Waals surface area contributed by atoms with Crippen LogP contribution in [0.5, 0.6) is 0 Å². The number of rotatable bonds is 5. The van der Waals surface area contributed by atoms with Crippen LogP contribution in [0.3, 0.4) is 0 Å². The summed E-state index contributed by atoms with van der Waals surface area (Å²) in [4.78, 5) is 12.6. The zero-order valence-electron chi connectivity index (χ0n) is 16.4. The van der Waals surface area contributed by atoms with E-state index in [0.717, 1.165) is 42.5 Å². The van der Waals surface area contributed by atoms with Crippen LogP contribution in [0.1, 0.15) is 49.9 Å². The summed E-state index contributed by atoms with van der Waals surface area (Å²) >= 11 is 0. The predicted molar refractivity (Wildman–Crippen MR) is 111 cm³/mol. The molecule has 0 spiro atoms. The first-order chi connectivity index (χ1) is 13.3. The number of hydrogen-bond acceptors (Lipinski definition) is 4. The molecule has 1 heterocycles. The van der Waals surface area contributed by atoms with Gasteiger partial charge in [0, 0.05) is 18.7 Å². The fraction of sp³-hybridized carbons (Fsp3) is 0.429. The number of benzene rings is 1. The van der Waals surface area contributed by atoms with E-state index in [2.05, 4.69) is 23.2 Å². The van der Waals surface area contributed by atoms with Crippen molar-refractivity contribution in [3.05, 3.63) is 53.6 Å². The van der Waals surface area contributed by atoms with Crippen molar-refractivity contribution in [2.45, 2.75) is 44.4 Å². The fourth-order valence-electron chi connectivity index (χ4n) is 3.46. The summed E-state index contributed by atoms with van der Waals surface area (Å²) in [6.45, 7) is 9.12. The largest absolute Gasteiger partial charge is 0.271 e. The molecular formula is C21H27N3O3S. The van der Waals surface area contributed by atoms with Gasteiger partial charge in [0.05, 0.1) is 10.6 Å². The second kappa shape index (κ2) is 8.41. The van der Waals surface area contributed by atoms with E-state index in [1.54, 1.807) is 0 Å². The first kappa shape index (κ1) is 20.5. The maximum Gasteiger partial charge on any atom is 0.271 e. The normalized spacial score (nSPS) is 22.1. The number of hydrogen-bond donors (Lipinski definition) is 1. The number of sulfonamides is 1. The second-order valence-corrected chi connectivity index (χ2v) is 9.44. The summed E-state index contributed by atoms with van der Waals surface area (Å²) in [7, 11) is -3.47. The van der Waals surface area contributed by atoms with Crippen LogP contribution in [0, 0.1) is 5.92 Å². The second-order valence-electron chi connectivity index (χ2n) is 7.51. The Morgan fingerprint density at radius 3 is 2.46 bits per heavy atom. The molecule has 1 aliphatic carbocycles. The highest BCUT2D eigenvalue weighted by atomic mass is 32.2. The van der Waals surface area contributed by atoms with E-state index < -0.39 is 10.0 Å². The molecule has 2 aliphatic rings. The third kappa shape index (κ3) is 4.42. The number of nitrogens with one attached hydrogen (secondary N) is 1. The van der Waals surface area contributed by atoms with Gasteiger partial charge in [-0.05, 0) is 75.3 Å². The van der Waals surface area contributed by atoms with Gasteiger partial charge in [0.15, 0.2) is 0 Å². The summed E-state index contributed by atoms with van der Waals surface area (Å²) in [5.41, 5.74) is 5.98. The summed E-state index contributed by atoms with van der Waals surface area (Å²) in [6, 6.07) is 6.02. The van der Waals surface area contributed by atoms with Gasteiger partial charge in [0.25, 0.3) is 5.91 Å². The molecule has 1 atom stereocenters. The molecule has 7 heteroatoms. The number of allylic oxidation sites excluding steroid dienone is 3. The fourth-order valence-corrected chi connectivity index (χ4v) is 4.98. The average molecular weight is 402 g/mol. The van der Waals surface area contributed by atoms with Gasteiger partial charge in [-0.2, -0.15) is 9.41 Å². The molecule has 1 N–H and O–H groups in total. The molecule has 1 aromatic carbocycles. The van der Waals surface area contributed by atoms with Gasteiger partial charge in [-0.15, -0.1) is 0 Å². The van der Waals surface area contributed by atoms with Crippen molar-refractivity contribution in [3.63, 3.8) is 0 Å². The first-order valence-electron chi connectivity index (χ1n) is 9.58. The molecule has 1 aromatic rings. The Kier molecular flexibility index (Phi) is 6.15. The molecule has 0 unspecified atom stereocenters. The SMILES string of the molecule is C=C(C)[C@H]1CC=C(C)/C(=N\NC(=O)c2ccc(S(=O)(=O)N3CCCC3)cc2)C1. The van der Waals surface area contributed by atoms with Gasteiger partial charge in [-0.1, -0.05) is 18.2 Å². The Bertz CT molecular complexity index is 924. The van der Waals surface area contributed by atoms with E-state index in [-0.39, 0.29) is 10.8 Å². The van der Waals surface area contributed by atoms with Crippen molar-refractivity contribution in [2.24, 2.45) is 11.0 Å². The van der Waals surface area contributed by atoms with Crippen LogP contribution in [0.25, 0.3) is 0 Å². The van der Waals surface area contributed by atoms with Crippen LogP contribution in [0.2, 0.25) is 0 Å². The van der Waals surface area contributed by atoms with Crippen molar-refractivity contribution in [3.8, 4) is 0 Å². The Morgan fingerprint density at radius 1 is 1.21 bits per heavy atom. The maximum absolute atomic E-state index is 12.6. The van der Waals surface area contributed by atoms with E-state index in [1.165, 1.54) is 28.6 Å². The van der Waals surface area contributed by atoms with Gasteiger partial charge < -0.3 is 0 Å². The van der Waals surface area contributed by atoms with Crippen LogP contribution in [0.4, 0.5) is 0 Å². The van der Waals surface area contributed by atoms with Crippen molar-refractivity contribution < 1.29 is 13.2 Å². The molecule has 6 nitrogen and oxygen atoms in total. The molecule has 150 valence electrons. The Balaban J connectivity index is 1.69. The molecule has 0 aromatic heterocycles. The number of hydrazone groups is 1. The van der Waals surface area contributed by atoms with Crippen LogP contribution in [-0.2, 0) is 10.0 Å². The summed E-state index contributed by atoms with van der Waals surface area (Å²) in [6.07, 6.45) is 5.60. The van der Waals surface area contributed by atoms with Gasteiger partial charge in [-0.25, -0.2) is 13.8 Å². The standard InChI is InChI=1S/C21H27N3O3S/c1-15(2)18-7-6-16(3)20(14-18)22-23-21(25)17-8-10-19(11-9-17)28(26,27)24-12-4-5-13-24/h6,8-11,18H,1,4-5,7,12-14H2,2-3H3,(H,23,25)/b22-20-/t18-/m0/s1. The highest BCUT2D eigenvalue weighted by Crippen LogP contribution is 2.26. The van der Waals surface area contributed by atoms with E-state index in [9.17, 15) is 13.2 Å². The molecule has 0 bridgehead atoms. The van der Waals surface area contributed by atoms with Crippen molar-refractivity contribution in [1.82, 2.24) is 9.73 Å². The third-order valence-electron chi connectivity index (χ3n) is 5.41. The Morgan fingerprint density at radius 2 is 1.86 bits per heavy atom. The molecule has 1 aliphatic heterocycles. The lowest BCUT2D eigenvalue weighted by Gasteiger charge is -2.22. The van der Waals surface area contributed by atoms with Gasteiger partial charge >= 0.3 is 0 Å². The molecule has 1 saturated heterocycles. The highest BCUT2D eigenvalue weighted by molar-refractivity contribution is 7.89. The van der Waals surface area contributed by atoms with Crippen molar-refractivity contribution >= 4 is 21.6 Å². The van der Waals surface area contributed by atoms with E-state index in [4.69, 9.17) is 0 Å². The number of carbonyl (C=O) groups is 1. The quantitative estimate of drug-likeness (QED) is 0.606. The smallest absolute Gasteiger partial charge is 0.267 e. The average Bonchev–Trinajstić information content (AvgIpc) is 3.22. The van der Waals surface area contributed by atoms with Crippen LogP contribution in [-0.4, -0.2) is 37.4 Å². The van der Waals surface area contributed by atoms with E-state index in [0.29, 0.717) is 24.6 Å². The number of nitrogens with zero attached hydrogens (tertiary/aromatic N) is 2. The molecule has 28 heavy (non-hydrogen) atoms. The molecule has 3 rings (SSSR count). The molecule has 1 fully saturated rings. The lowest BCUT2D eigenvalue weighted by atomic mass is 9.85. The van der Waals surface area contributed by atoms with Crippen molar-refractivity contribution in [1.29, 1.82) is 0 Å². The Hall–Kier alpha value is -2.25. The molecule has 1 amide bonds. The van der Waals surface area contributed by atoms with Crippen LogP contribution in [0.15, 0.2) is 58.1 Å². The maximum atomic E-state index is 12.6. The summed E-state index contributed by atoms with van der Waals surface area (Å²) in [5, 5.41) is 4.29. The monoisotopic (exact) mass is 401 g/mol. The zero-order chi connectivity index (χ0) is 20.3. The van der Waals surface area contributed by atoms with E-state index in [1.807, 2.05) is 13.8 Å². The van der Waals surface area contributed by atoms with Gasteiger partial charge in [0.2, 0.25) is 10.0 Å². The highest BCUT2D eigenvalue weighted by Gasteiger charge is 2.27. The Labute approximate surface area is 167 Å². The van der Waals surface area contributed by atoms with Crippen LogP contribution < -0.4 is 5.43 Å². The minimum absolute atomic E-state index is 0.215. The molecule has 0 radical (unpaired) electrons. The lowest BCUT2D eigenvalue weighted by Crippen LogP contribution is -2.28. The molecule has 0 saturated carbocycles. The molecular weight excluding hydrogens is 374 g/mol.